The molecule has 0 aliphatic rings. The van der Waals surface area contributed by atoms with Gasteiger partial charge in [0.1, 0.15) is 5.75 Å². The van der Waals surface area contributed by atoms with E-state index in [-0.39, 0.29) is 0 Å². The van der Waals surface area contributed by atoms with Crippen LogP contribution in [0, 0.1) is 11.3 Å². The van der Waals surface area contributed by atoms with Gasteiger partial charge in [-0.1, -0.05) is 38.3 Å². The fourth-order valence-electron chi connectivity index (χ4n) is 2.78. The van der Waals surface area contributed by atoms with Gasteiger partial charge < -0.3 is 4.74 Å². The van der Waals surface area contributed by atoms with Gasteiger partial charge in [0, 0.05) is 23.5 Å². The zero-order valence-electron chi connectivity index (χ0n) is 15.6. The summed E-state index contributed by atoms with van der Waals surface area (Å²) in [5, 5.41) is 8.88. The van der Waals surface area contributed by atoms with Crippen molar-refractivity contribution >= 4 is 0 Å². The number of benzene rings is 2. The Bertz CT molecular complexity index is 879. The van der Waals surface area contributed by atoms with E-state index in [1.54, 1.807) is 12.1 Å². The molecule has 0 saturated carbocycles. The minimum atomic E-state index is 0.643. The van der Waals surface area contributed by atoms with Gasteiger partial charge in [0.2, 0.25) is 0 Å². The summed E-state index contributed by atoms with van der Waals surface area (Å²) in [7, 11) is 0. The van der Waals surface area contributed by atoms with E-state index in [0.717, 1.165) is 35.5 Å². The standard InChI is InChI=1S/C23H23N3O/c1-2-3-4-5-14-27-22-12-10-20(11-13-22)23-25-16-21(17-26-23)19-8-6-18(15-24)7-9-19/h6-13,16-17H,2-5,14H2,1H3. The summed E-state index contributed by atoms with van der Waals surface area (Å²) in [6.07, 6.45) is 8.42. The molecular formula is C23H23N3O. The fraction of sp³-hybridized carbons (Fsp3) is 0.261. The molecule has 0 aliphatic carbocycles. The molecule has 0 N–H and O–H groups in total. The molecule has 0 atom stereocenters. The van der Waals surface area contributed by atoms with Crippen LogP contribution in [0.25, 0.3) is 22.5 Å². The van der Waals surface area contributed by atoms with E-state index in [1.807, 2.05) is 48.8 Å². The summed E-state index contributed by atoms with van der Waals surface area (Å²) < 4.78 is 5.78. The molecule has 0 spiro atoms. The van der Waals surface area contributed by atoms with Gasteiger partial charge >= 0.3 is 0 Å². The third-order valence-corrected chi connectivity index (χ3v) is 4.38. The molecule has 3 aromatic rings. The van der Waals surface area contributed by atoms with E-state index in [0.29, 0.717) is 11.4 Å². The molecule has 136 valence electrons. The molecule has 27 heavy (non-hydrogen) atoms. The highest BCUT2D eigenvalue weighted by Crippen LogP contribution is 2.22. The van der Waals surface area contributed by atoms with Gasteiger partial charge in [-0.3, -0.25) is 0 Å². The van der Waals surface area contributed by atoms with E-state index in [2.05, 4.69) is 23.0 Å². The van der Waals surface area contributed by atoms with Gasteiger partial charge in [-0.2, -0.15) is 5.26 Å². The molecule has 0 saturated heterocycles. The van der Waals surface area contributed by atoms with Gasteiger partial charge in [-0.15, -0.1) is 0 Å². The Morgan fingerprint density at radius 3 is 2.11 bits per heavy atom. The summed E-state index contributed by atoms with van der Waals surface area (Å²) in [5.74, 6) is 1.56. The summed E-state index contributed by atoms with van der Waals surface area (Å²) in [4.78, 5) is 8.95. The van der Waals surface area contributed by atoms with Crippen LogP contribution in [-0.4, -0.2) is 16.6 Å². The van der Waals surface area contributed by atoms with Crippen LogP contribution in [0.1, 0.15) is 38.2 Å². The molecular weight excluding hydrogens is 334 g/mol. The van der Waals surface area contributed by atoms with E-state index in [4.69, 9.17) is 10.00 Å². The predicted molar refractivity (Wildman–Crippen MR) is 107 cm³/mol. The number of hydrogen-bond acceptors (Lipinski definition) is 4. The molecule has 4 nitrogen and oxygen atoms in total. The number of hydrogen-bond donors (Lipinski definition) is 0. The minimum Gasteiger partial charge on any atom is -0.494 e. The number of ether oxygens (including phenoxy) is 1. The lowest BCUT2D eigenvalue weighted by Gasteiger charge is -2.07. The highest BCUT2D eigenvalue weighted by atomic mass is 16.5. The number of nitrogens with zero attached hydrogens (tertiary/aromatic N) is 3. The number of nitriles is 1. The lowest BCUT2D eigenvalue weighted by Crippen LogP contribution is -1.97. The summed E-state index contributed by atoms with van der Waals surface area (Å²) in [6, 6.07) is 17.4. The fourth-order valence-corrected chi connectivity index (χ4v) is 2.78. The van der Waals surface area contributed by atoms with Crippen molar-refractivity contribution in [1.82, 2.24) is 9.97 Å². The summed E-state index contributed by atoms with van der Waals surface area (Å²) in [5.41, 5.74) is 3.52. The SMILES string of the molecule is CCCCCCOc1ccc(-c2ncc(-c3ccc(C#N)cc3)cn2)cc1. The van der Waals surface area contributed by atoms with Crippen LogP contribution >= 0.6 is 0 Å². The maximum absolute atomic E-state index is 8.88. The molecule has 3 rings (SSSR count). The monoisotopic (exact) mass is 357 g/mol. The Morgan fingerprint density at radius 2 is 1.48 bits per heavy atom. The maximum Gasteiger partial charge on any atom is 0.159 e. The van der Waals surface area contributed by atoms with Crippen molar-refractivity contribution in [2.24, 2.45) is 0 Å². The molecule has 0 aliphatic heterocycles. The van der Waals surface area contributed by atoms with Crippen molar-refractivity contribution in [2.45, 2.75) is 32.6 Å². The molecule has 1 aromatic heterocycles. The van der Waals surface area contributed by atoms with Crippen LogP contribution in [0.4, 0.5) is 0 Å². The van der Waals surface area contributed by atoms with Crippen molar-refractivity contribution in [3.63, 3.8) is 0 Å². The second-order valence-electron chi connectivity index (χ2n) is 6.42. The highest BCUT2D eigenvalue weighted by molar-refractivity contribution is 5.64. The number of rotatable bonds is 8. The number of aromatic nitrogens is 2. The summed E-state index contributed by atoms with van der Waals surface area (Å²) >= 11 is 0. The molecule has 0 amide bonds. The number of unbranched alkanes of at least 4 members (excludes halogenated alkanes) is 3. The first-order valence-electron chi connectivity index (χ1n) is 9.36. The van der Waals surface area contributed by atoms with Crippen molar-refractivity contribution in [3.05, 3.63) is 66.5 Å². The Labute approximate surface area is 160 Å². The van der Waals surface area contributed by atoms with E-state index in [1.165, 1.54) is 19.3 Å². The second-order valence-corrected chi connectivity index (χ2v) is 6.42. The van der Waals surface area contributed by atoms with Crippen LogP contribution in [0.2, 0.25) is 0 Å². The van der Waals surface area contributed by atoms with Gasteiger partial charge in [0.15, 0.2) is 5.82 Å². The maximum atomic E-state index is 8.88. The predicted octanol–water partition coefficient (Wildman–Crippen LogP) is 5.64. The molecule has 4 heteroatoms. The Morgan fingerprint density at radius 1 is 0.815 bits per heavy atom. The van der Waals surface area contributed by atoms with E-state index in [9.17, 15) is 0 Å². The highest BCUT2D eigenvalue weighted by Gasteiger charge is 2.04. The quantitative estimate of drug-likeness (QED) is 0.489. The first-order chi connectivity index (χ1) is 13.3. The lowest BCUT2D eigenvalue weighted by molar-refractivity contribution is 0.305. The largest absolute Gasteiger partial charge is 0.494 e. The van der Waals surface area contributed by atoms with Crippen molar-refractivity contribution in [3.8, 4) is 34.3 Å². The van der Waals surface area contributed by atoms with Crippen LogP contribution in [0.3, 0.4) is 0 Å². The first-order valence-corrected chi connectivity index (χ1v) is 9.36. The Kier molecular flexibility index (Phi) is 6.54. The molecule has 0 fully saturated rings. The van der Waals surface area contributed by atoms with Gasteiger partial charge in [-0.05, 0) is 48.4 Å². The summed E-state index contributed by atoms with van der Waals surface area (Å²) in [6.45, 7) is 2.97. The topological polar surface area (TPSA) is 58.8 Å². The van der Waals surface area contributed by atoms with Gasteiger partial charge in [-0.25, -0.2) is 9.97 Å². The van der Waals surface area contributed by atoms with E-state index >= 15 is 0 Å². The Hall–Kier alpha value is -3.19. The van der Waals surface area contributed by atoms with Crippen LogP contribution in [0.5, 0.6) is 5.75 Å². The minimum absolute atomic E-state index is 0.643. The normalized spacial score (nSPS) is 10.4. The van der Waals surface area contributed by atoms with Gasteiger partial charge in [0.05, 0.1) is 18.2 Å². The lowest BCUT2D eigenvalue weighted by atomic mass is 10.1. The molecule has 0 unspecified atom stereocenters. The molecule has 2 aromatic carbocycles. The van der Waals surface area contributed by atoms with Gasteiger partial charge in [0.25, 0.3) is 0 Å². The zero-order chi connectivity index (χ0) is 18.9. The van der Waals surface area contributed by atoms with Crippen molar-refractivity contribution in [2.75, 3.05) is 6.61 Å². The first kappa shape index (κ1) is 18.6. The molecule has 1 heterocycles. The zero-order valence-corrected chi connectivity index (χ0v) is 15.6. The second kappa shape index (κ2) is 9.49. The Balaban J connectivity index is 1.62. The van der Waals surface area contributed by atoms with Crippen molar-refractivity contribution < 1.29 is 4.74 Å². The third-order valence-electron chi connectivity index (χ3n) is 4.38. The van der Waals surface area contributed by atoms with Crippen LogP contribution in [0.15, 0.2) is 60.9 Å². The molecule has 0 radical (unpaired) electrons. The van der Waals surface area contributed by atoms with E-state index < -0.39 is 0 Å². The molecule has 0 bridgehead atoms. The third kappa shape index (κ3) is 5.15. The average molecular weight is 357 g/mol. The van der Waals surface area contributed by atoms with Crippen LogP contribution < -0.4 is 4.74 Å². The van der Waals surface area contributed by atoms with Crippen LogP contribution in [-0.2, 0) is 0 Å². The smallest absolute Gasteiger partial charge is 0.159 e. The van der Waals surface area contributed by atoms with Crippen molar-refractivity contribution in [1.29, 1.82) is 5.26 Å². The average Bonchev–Trinajstić information content (AvgIpc) is 2.74.